The van der Waals surface area contributed by atoms with Gasteiger partial charge in [-0.3, -0.25) is 9.35 Å². The maximum absolute atomic E-state index is 11.2. The third-order valence-electron chi connectivity index (χ3n) is 2.67. The van der Waals surface area contributed by atoms with Gasteiger partial charge in [-0.15, -0.1) is 6.58 Å². The van der Waals surface area contributed by atoms with E-state index in [1.807, 2.05) is 0 Å². The Labute approximate surface area is 126 Å². The van der Waals surface area contributed by atoms with Gasteiger partial charge in [-0.05, 0) is 18.1 Å². The van der Waals surface area contributed by atoms with Crippen molar-refractivity contribution in [2.45, 2.75) is 17.8 Å². The first kappa shape index (κ1) is 17.7. The number of ether oxygens (including phenoxy) is 1. The van der Waals surface area contributed by atoms with Crippen molar-refractivity contribution < 1.29 is 37.5 Å². The van der Waals surface area contributed by atoms with Gasteiger partial charge < -0.3 is 14.9 Å². The van der Waals surface area contributed by atoms with Crippen LogP contribution in [0.4, 0.5) is 0 Å². The van der Waals surface area contributed by atoms with Crippen molar-refractivity contribution >= 4 is 22.1 Å². The van der Waals surface area contributed by atoms with E-state index in [0.29, 0.717) is 12.0 Å². The summed E-state index contributed by atoms with van der Waals surface area (Å²) in [7, 11) is -5.18. The van der Waals surface area contributed by atoms with Crippen molar-refractivity contribution in [3.63, 3.8) is 0 Å². The van der Waals surface area contributed by atoms with Crippen LogP contribution in [0.25, 0.3) is 0 Å². The predicted molar refractivity (Wildman–Crippen MR) is 75.4 cm³/mol. The Kier molecular flexibility index (Phi) is 5.66. The van der Waals surface area contributed by atoms with Crippen molar-refractivity contribution in [2.24, 2.45) is 0 Å². The van der Waals surface area contributed by atoms with Crippen LogP contribution < -0.4 is 4.74 Å². The number of benzene rings is 1. The standard InChI is InChI=1S/C13H14O8S/c1-2-5-8-6-3-4-7-9(8)21-10(12(14)15)11(13(16)17)22(18,19)20/h2-4,6-7,10-11H,1,5H2,(H,14,15)(H,16,17)(H,18,19,20). The molecule has 0 aliphatic heterocycles. The van der Waals surface area contributed by atoms with Crippen LogP contribution in [-0.4, -0.2) is 46.5 Å². The van der Waals surface area contributed by atoms with Gasteiger partial charge in [0.2, 0.25) is 11.4 Å². The van der Waals surface area contributed by atoms with E-state index in [-0.39, 0.29) is 5.75 Å². The number of hydrogen-bond donors (Lipinski definition) is 3. The van der Waals surface area contributed by atoms with E-state index in [4.69, 9.17) is 19.5 Å². The second-order valence-electron chi connectivity index (χ2n) is 4.25. The Morgan fingerprint density at radius 3 is 2.27 bits per heavy atom. The lowest BCUT2D eigenvalue weighted by Gasteiger charge is -2.20. The summed E-state index contributed by atoms with van der Waals surface area (Å²) in [5.74, 6) is -3.88. The van der Waals surface area contributed by atoms with Gasteiger partial charge in [-0.25, -0.2) is 4.79 Å². The summed E-state index contributed by atoms with van der Waals surface area (Å²) in [6.45, 7) is 3.51. The van der Waals surface area contributed by atoms with Crippen LogP contribution in [0.1, 0.15) is 5.56 Å². The van der Waals surface area contributed by atoms with Gasteiger partial charge in [0.05, 0.1) is 0 Å². The molecular weight excluding hydrogens is 316 g/mol. The summed E-state index contributed by atoms with van der Waals surface area (Å²) >= 11 is 0. The average Bonchev–Trinajstić information content (AvgIpc) is 2.38. The Morgan fingerprint density at radius 2 is 1.82 bits per heavy atom. The molecule has 1 aromatic rings. The second kappa shape index (κ2) is 7.05. The minimum atomic E-state index is -5.18. The summed E-state index contributed by atoms with van der Waals surface area (Å²) in [5, 5.41) is 15.3. The maximum atomic E-state index is 11.2. The van der Waals surface area contributed by atoms with Crippen LogP contribution in [0.15, 0.2) is 36.9 Å². The molecule has 8 nitrogen and oxygen atoms in total. The van der Waals surface area contributed by atoms with Crippen molar-refractivity contribution in [1.29, 1.82) is 0 Å². The number of aliphatic carboxylic acids is 2. The molecule has 0 heterocycles. The van der Waals surface area contributed by atoms with Gasteiger partial charge in [-0.2, -0.15) is 8.42 Å². The molecule has 0 radical (unpaired) electrons. The first-order chi connectivity index (χ1) is 10.2. The number of hydrogen-bond acceptors (Lipinski definition) is 5. The molecular formula is C13H14O8S. The van der Waals surface area contributed by atoms with Crippen LogP contribution in [0, 0.1) is 0 Å². The zero-order valence-electron chi connectivity index (χ0n) is 11.2. The molecule has 1 aromatic carbocycles. The minimum Gasteiger partial charge on any atom is -0.480 e. The number of carboxylic acid groups (broad SMARTS) is 2. The lowest BCUT2D eigenvalue weighted by Crippen LogP contribution is -2.48. The molecule has 0 saturated heterocycles. The number of para-hydroxylation sites is 1. The van der Waals surface area contributed by atoms with E-state index in [2.05, 4.69) is 6.58 Å². The molecule has 0 amide bonds. The summed E-state index contributed by atoms with van der Waals surface area (Å²) in [6.07, 6.45) is -0.500. The van der Waals surface area contributed by atoms with Crippen molar-refractivity contribution in [3.05, 3.63) is 42.5 Å². The number of carbonyl (C=O) groups is 2. The molecule has 120 valence electrons. The van der Waals surface area contributed by atoms with E-state index in [1.54, 1.807) is 12.1 Å². The topological polar surface area (TPSA) is 138 Å². The smallest absolute Gasteiger partial charge is 0.347 e. The lowest BCUT2D eigenvalue weighted by atomic mass is 10.1. The summed E-state index contributed by atoms with van der Waals surface area (Å²) in [6, 6.07) is 6.08. The third kappa shape index (κ3) is 4.30. The molecule has 3 N–H and O–H groups in total. The zero-order chi connectivity index (χ0) is 16.9. The van der Waals surface area contributed by atoms with E-state index in [0.717, 1.165) is 0 Å². The summed E-state index contributed by atoms with van der Waals surface area (Å²) in [4.78, 5) is 22.2. The van der Waals surface area contributed by atoms with Crippen molar-refractivity contribution in [1.82, 2.24) is 0 Å². The molecule has 0 spiro atoms. The average molecular weight is 330 g/mol. The van der Waals surface area contributed by atoms with E-state index in [9.17, 15) is 18.0 Å². The molecule has 2 unspecified atom stereocenters. The van der Waals surface area contributed by atoms with E-state index in [1.165, 1.54) is 18.2 Å². The van der Waals surface area contributed by atoms with Crippen LogP contribution >= 0.6 is 0 Å². The van der Waals surface area contributed by atoms with Gasteiger partial charge in [-0.1, -0.05) is 24.3 Å². The fourth-order valence-corrected chi connectivity index (χ4v) is 2.47. The minimum absolute atomic E-state index is 0.00954. The molecule has 22 heavy (non-hydrogen) atoms. The van der Waals surface area contributed by atoms with Crippen LogP contribution in [0.2, 0.25) is 0 Å². The van der Waals surface area contributed by atoms with E-state index < -0.39 is 33.4 Å². The molecule has 1 rings (SSSR count). The van der Waals surface area contributed by atoms with E-state index >= 15 is 0 Å². The number of allylic oxidation sites excluding steroid dienone is 1. The molecule has 0 aromatic heterocycles. The van der Waals surface area contributed by atoms with Gasteiger partial charge in [0.15, 0.2) is 0 Å². The fourth-order valence-electron chi connectivity index (χ4n) is 1.73. The molecule has 0 aliphatic carbocycles. The molecule has 0 saturated carbocycles. The fraction of sp³-hybridized carbons (Fsp3) is 0.231. The third-order valence-corrected chi connectivity index (χ3v) is 3.76. The first-order valence-corrected chi connectivity index (χ1v) is 7.46. The summed E-state index contributed by atoms with van der Waals surface area (Å²) in [5.41, 5.74) is 0.489. The molecule has 9 heteroatoms. The van der Waals surface area contributed by atoms with Crippen molar-refractivity contribution in [2.75, 3.05) is 0 Å². The Balaban J connectivity index is 3.26. The number of rotatable bonds is 8. The van der Waals surface area contributed by atoms with Gasteiger partial charge in [0.25, 0.3) is 10.1 Å². The second-order valence-corrected chi connectivity index (χ2v) is 5.79. The Hall–Kier alpha value is -2.39. The highest BCUT2D eigenvalue weighted by atomic mass is 32.2. The predicted octanol–water partition coefficient (Wildman–Crippen LogP) is 0.588. The van der Waals surface area contributed by atoms with Gasteiger partial charge in [0.1, 0.15) is 5.75 Å². The Bertz CT molecular complexity index is 679. The SMILES string of the molecule is C=CCc1ccccc1OC(C(=O)O)C(C(=O)O)S(=O)(=O)O. The lowest BCUT2D eigenvalue weighted by molar-refractivity contribution is -0.151. The van der Waals surface area contributed by atoms with Crippen LogP contribution in [0.3, 0.4) is 0 Å². The van der Waals surface area contributed by atoms with Crippen LogP contribution in [-0.2, 0) is 26.1 Å². The Morgan fingerprint density at radius 1 is 1.23 bits per heavy atom. The summed E-state index contributed by atoms with van der Waals surface area (Å²) < 4.78 is 36.3. The van der Waals surface area contributed by atoms with Gasteiger partial charge in [0, 0.05) is 0 Å². The highest BCUT2D eigenvalue weighted by molar-refractivity contribution is 7.87. The van der Waals surface area contributed by atoms with Crippen molar-refractivity contribution in [3.8, 4) is 5.75 Å². The molecule has 2 atom stereocenters. The largest absolute Gasteiger partial charge is 0.480 e. The number of carboxylic acids is 2. The highest BCUT2D eigenvalue weighted by Gasteiger charge is 2.45. The molecule has 0 fully saturated rings. The van der Waals surface area contributed by atoms with Gasteiger partial charge >= 0.3 is 11.9 Å². The monoisotopic (exact) mass is 330 g/mol. The maximum Gasteiger partial charge on any atom is 0.347 e. The highest BCUT2D eigenvalue weighted by Crippen LogP contribution is 2.22. The van der Waals surface area contributed by atoms with Crippen LogP contribution in [0.5, 0.6) is 5.75 Å². The normalized spacial score (nSPS) is 13.9. The molecule has 0 bridgehead atoms. The quantitative estimate of drug-likeness (QED) is 0.465. The zero-order valence-corrected chi connectivity index (χ0v) is 12.1. The first-order valence-electron chi connectivity index (χ1n) is 5.95. The molecule has 0 aliphatic rings.